The summed E-state index contributed by atoms with van der Waals surface area (Å²) in [6, 6.07) is 9.02. The molecule has 88 valence electrons. The van der Waals surface area contributed by atoms with E-state index >= 15 is 0 Å². The molecule has 4 nitrogen and oxygen atoms in total. The van der Waals surface area contributed by atoms with Crippen molar-refractivity contribution in [1.29, 1.82) is 5.26 Å². The van der Waals surface area contributed by atoms with Gasteiger partial charge in [-0.05, 0) is 30.7 Å². The summed E-state index contributed by atoms with van der Waals surface area (Å²) in [6.07, 6.45) is 0. The van der Waals surface area contributed by atoms with Crippen molar-refractivity contribution >= 4 is 11.6 Å². The predicted octanol–water partition coefficient (Wildman–Crippen LogP) is 1.35. The molecule has 1 amide bonds. The molecule has 1 aromatic carbocycles. The molecule has 2 rings (SSSR count). The molecule has 0 spiro atoms. The first kappa shape index (κ1) is 11.6. The first-order valence-electron chi connectivity index (χ1n) is 5.72. The Labute approximate surface area is 101 Å². The summed E-state index contributed by atoms with van der Waals surface area (Å²) in [4.78, 5) is 12.0. The quantitative estimate of drug-likeness (QED) is 0.804. The summed E-state index contributed by atoms with van der Waals surface area (Å²) in [5.41, 5.74) is 1.24. The molecule has 1 aliphatic heterocycles. The van der Waals surface area contributed by atoms with E-state index < -0.39 is 0 Å². The highest BCUT2D eigenvalue weighted by Gasteiger charge is 2.29. The van der Waals surface area contributed by atoms with Crippen LogP contribution in [-0.4, -0.2) is 19.0 Å². The summed E-state index contributed by atoms with van der Waals surface area (Å²) in [5.74, 6) is 0.396. The van der Waals surface area contributed by atoms with Crippen LogP contribution in [0.1, 0.15) is 12.5 Å². The van der Waals surface area contributed by atoms with E-state index in [4.69, 9.17) is 5.26 Å². The summed E-state index contributed by atoms with van der Waals surface area (Å²) >= 11 is 0. The Bertz CT molecular complexity index is 464. The van der Waals surface area contributed by atoms with Crippen molar-refractivity contribution in [2.75, 3.05) is 18.4 Å². The lowest BCUT2D eigenvalue weighted by Gasteiger charge is -2.14. The van der Waals surface area contributed by atoms with Crippen LogP contribution in [0.5, 0.6) is 0 Å². The van der Waals surface area contributed by atoms with E-state index in [2.05, 4.69) is 23.6 Å². The van der Waals surface area contributed by atoms with E-state index in [1.54, 1.807) is 24.3 Å². The van der Waals surface area contributed by atoms with Crippen LogP contribution >= 0.6 is 0 Å². The van der Waals surface area contributed by atoms with E-state index in [0.29, 0.717) is 17.2 Å². The van der Waals surface area contributed by atoms with Gasteiger partial charge in [-0.1, -0.05) is 13.0 Å². The zero-order valence-electron chi connectivity index (χ0n) is 9.73. The number of nitrogens with one attached hydrogen (secondary N) is 2. The third kappa shape index (κ3) is 2.63. The van der Waals surface area contributed by atoms with Gasteiger partial charge in [0.25, 0.3) is 0 Å². The van der Waals surface area contributed by atoms with Crippen LogP contribution in [0.2, 0.25) is 0 Å². The highest BCUT2D eigenvalue weighted by molar-refractivity contribution is 5.93. The van der Waals surface area contributed by atoms with Gasteiger partial charge in [0.2, 0.25) is 5.91 Å². The number of hydrogen-bond donors (Lipinski definition) is 2. The lowest BCUT2D eigenvalue weighted by Crippen LogP contribution is -2.27. The van der Waals surface area contributed by atoms with Gasteiger partial charge in [-0.2, -0.15) is 5.26 Å². The van der Waals surface area contributed by atoms with E-state index in [1.165, 1.54) is 0 Å². The maximum Gasteiger partial charge on any atom is 0.229 e. The molecule has 0 aromatic heterocycles. The van der Waals surface area contributed by atoms with Crippen molar-refractivity contribution < 1.29 is 4.79 Å². The third-order valence-electron chi connectivity index (χ3n) is 3.11. The average molecular weight is 229 g/mol. The molecule has 0 bridgehead atoms. The van der Waals surface area contributed by atoms with Crippen LogP contribution in [0, 0.1) is 23.2 Å². The minimum absolute atomic E-state index is 0.0146. The number of hydrogen-bond acceptors (Lipinski definition) is 3. The minimum Gasteiger partial charge on any atom is -0.326 e. The zero-order chi connectivity index (χ0) is 12.3. The molecule has 0 aliphatic carbocycles. The van der Waals surface area contributed by atoms with Crippen LogP contribution in [0.3, 0.4) is 0 Å². The van der Waals surface area contributed by atoms with E-state index in [9.17, 15) is 4.79 Å². The second-order valence-corrected chi connectivity index (χ2v) is 4.42. The number of benzene rings is 1. The molecular formula is C13H15N3O. The maximum absolute atomic E-state index is 12.0. The number of rotatable bonds is 2. The average Bonchev–Trinajstić information content (AvgIpc) is 2.76. The molecule has 2 N–H and O–H groups in total. The lowest BCUT2D eigenvalue weighted by atomic mass is 9.97. The zero-order valence-corrected chi connectivity index (χ0v) is 9.73. The number of nitrogens with zero attached hydrogens (tertiary/aromatic N) is 1. The first-order chi connectivity index (χ1) is 8.20. The van der Waals surface area contributed by atoms with Gasteiger partial charge in [0, 0.05) is 12.2 Å². The second kappa shape index (κ2) is 4.98. The van der Waals surface area contributed by atoms with Crippen LogP contribution in [0.4, 0.5) is 5.69 Å². The summed E-state index contributed by atoms with van der Waals surface area (Å²) in [6.45, 7) is 3.68. The van der Waals surface area contributed by atoms with Crippen molar-refractivity contribution in [2.24, 2.45) is 11.8 Å². The normalized spacial score (nSPS) is 23.1. The Morgan fingerprint density at radius 1 is 1.53 bits per heavy atom. The molecule has 1 fully saturated rings. The Morgan fingerprint density at radius 3 is 3.00 bits per heavy atom. The topological polar surface area (TPSA) is 64.9 Å². The highest BCUT2D eigenvalue weighted by atomic mass is 16.1. The molecule has 2 unspecified atom stereocenters. The van der Waals surface area contributed by atoms with Gasteiger partial charge in [0.1, 0.15) is 0 Å². The van der Waals surface area contributed by atoms with Gasteiger partial charge in [-0.3, -0.25) is 4.79 Å². The fourth-order valence-electron chi connectivity index (χ4n) is 2.06. The molecule has 1 heterocycles. The predicted molar refractivity (Wildman–Crippen MR) is 65.3 cm³/mol. The summed E-state index contributed by atoms with van der Waals surface area (Å²) in [7, 11) is 0. The van der Waals surface area contributed by atoms with E-state index in [1.807, 2.05) is 0 Å². The van der Waals surface area contributed by atoms with E-state index in [0.717, 1.165) is 13.1 Å². The summed E-state index contributed by atoms with van der Waals surface area (Å²) in [5, 5.41) is 14.8. The minimum atomic E-state index is 0.0146. The lowest BCUT2D eigenvalue weighted by molar-refractivity contribution is -0.120. The van der Waals surface area contributed by atoms with Crippen LogP contribution in [-0.2, 0) is 4.79 Å². The molecular weight excluding hydrogens is 214 g/mol. The number of nitriles is 1. The Hall–Kier alpha value is -1.86. The van der Waals surface area contributed by atoms with Gasteiger partial charge in [0.15, 0.2) is 0 Å². The van der Waals surface area contributed by atoms with E-state index in [-0.39, 0.29) is 11.8 Å². The van der Waals surface area contributed by atoms with Gasteiger partial charge in [-0.15, -0.1) is 0 Å². The number of anilines is 1. The highest BCUT2D eigenvalue weighted by Crippen LogP contribution is 2.18. The van der Waals surface area contributed by atoms with Crippen LogP contribution in [0.15, 0.2) is 24.3 Å². The molecule has 17 heavy (non-hydrogen) atoms. The molecule has 1 aliphatic rings. The molecule has 2 atom stereocenters. The maximum atomic E-state index is 12.0. The van der Waals surface area contributed by atoms with Crippen LogP contribution in [0.25, 0.3) is 0 Å². The Kier molecular flexibility index (Phi) is 3.40. The second-order valence-electron chi connectivity index (χ2n) is 4.42. The molecule has 1 aromatic rings. The van der Waals surface area contributed by atoms with Gasteiger partial charge in [-0.25, -0.2) is 0 Å². The van der Waals surface area contributed by atoms with Gasteiger partial charge in [0.05, 0.1) is 17.6 Å². The van der Waals surface area contributed by atoms with Crippen molar-refractivity contribution in [1.82, 2.24) is 5.32 Å². The van der Waals surface area contributed by atoms with Crippen molar-refractivity contribution in [3.05, 3.63) is 29.8 Å². The number of amides is 1. The number of carbonyl (C=O) groups is 1. The van der Waals surface area contributed by atoms with Gasteiger partial charge < -0.3 is 10.6 Å². The standard InChI is InChI=1S/C13H15N3O/c1-9-7-15-8-12(9)13(17)16-11-4-2-3-10(5-11)6-14/h2-5,9,12,15H,7-8H2,1H3,(H,16,17). The first-order valence-corrected chi connectivity index (χ1v) is 5.72. The van der Waals surface area contributed by atoms with Crippen molar-refractivity contribution in [3.8, 4) is 6.07 Å². The molecule has 0 radical (unpaired) electrons. The number of carbonyl (C=O) groups excluding carboxylic acids is 1. The smallest absolute Gasteiger partial charge is 0.229 e. The van der Waals surface area contributed by atoms with Crippen LogP contribution < -0.4 is 10.6 Å². The Balaban J connectivity index is 2.05. The van der Waals surface area contributed by atoms with Crippen molar-refractivity contribution in [3.63, 3.8) is 0 Å². The summed E-state index contributed by atoms with van der Waals surface area (Å²) < 4.78 is 0. The fraction of sp³-hybridized carbons (Fsp3) is 0.385. The van der Waals surface area contributed by atoms with Crippen molar-refractivity contribution in [2.45, 2.75) is 6.92 Å². The van der Waals surface area contributed by atoms with Gasteiger partial charge >= 0.3 is 0 Å². The Morgan fingerprint density at radius 2 is 2.35 bits per heavy atom. The molecule has 0 saturated carbocycles. The monoisotopic (exact) mass is 229 g/mol. The third-order valence-corrected chi connectivity index (χ3v) is 3.11. The SMILES string of the molecule is CC1CNCC1C(=O)Nc1cccc(C#N)c1. The largest absolute Gasteiger partial charge is 0.326 e. The molecule has 1 saturated heterocycles. The fourth-order valence-corrected chi connectivity index (χ4v) is 2.06. The molecule has 4 heteroatoms.